The molecule has 2 N–H and O–H groups in total. The van der Waals surface area contributed by atoms with Crippen molar-refractivity contribution < 1.29 is 14.8 Å². The first-order valence-electron chi connectivity index (χ1n) is 6.62. The molecule has 0 fully saturated rings. The van der Waals surface area contributed by atoms with Gasteiger partial charge < -0.3 is 14.8 Å². The summed E-state index contributed by atoms with van der Waals surface area (Å²) in [6.45, 7) is 6.81. The van der Waals surface area contributed by atoms with Crippen LogP contribution in [0.15, 0.2) is 24.4 Å². The van der Waals surface area contributed by atoms with Gasteiger partial charge in [0.25, 0.3) is 0 Å². The molecule has 0 amide bonds. The molecule has 2 aromatic rings. The van der Waals surface area contributed by atoms with Crippen LogP contribution >= 0.6 is 0 Å². The van der Waals surface area contributed by atoms with Crippen LogP contribution in [0.3, 0.4) is 0 Å². The van der Waals surface area contributed by atoms with Gasteiger partial charge in [0.05, 0.1) is 22.9 Å². The molecule has 1 aromatic heterocycles. The third-order valence-corrected chi connectivity index (χ3v) is 3.97. The lowest BCUT2D eigenvalue weighted by atomic mass is 9.75. The molecule has 1 aromatic carbocycles. The van der Waals surface area contributed by atoms with Gasteiger partial charge >= 0.3 is 7.12 Å². The molecule has 0 atom stereocenters. The molecule has 0 radical (unpaired) electrons. The number of aryl methyl sites for hydroxylation is 1. The number of nitrogens with zero attached hydrogens (tertiary/aromatic N) is 2. The fraction of sp³-hybridized carbons (Fsp3) is 0.500. The Kier molecular flexibility index (Phi) is 3.66. The van der Waals surface area contributed by atoms with Gasteiger partial charge in [-0.1, -0.05) is 12.1 Å². The van der Waals surface area contributed by atoms with Crippen LogP contribution in [0.1, 0.15) is 27.7 Å². The lowest BCUT2D eigenvalue weighted by molar-refractivity contribution is -0.0982. The highest BCUT2D eigenvalue weighted by Gasteiger charge is 2.39. The molecular formula is C14H21BN2O3. The van der Waals surface area contributed by atoms with Gasteiger partial charge in [-0.05, 0) is 39.2 Å². The van der Waals surface area contributed by atoms with Crippen molar-refractivity contribution in [3.05, 3.63) is 24.4 Å². The Balaban J connectivity index is 2.35. The number of aromatic nitrogens is 2. The molecule has 108 valence electrons. The second-order valence-electron chi connectivity index (χ2n) is 6.09. The Morgan fingerprint density at radius 1 is 1.25 bits per heavy atom. The molecule has 1 heterocycles. The van der Waals surface area contributed by atoms with Gasteiger partial charge in [-0.25, -0.2) is 0 Å². The highest BCUT2D eigenvalue weighted by Crippen LogP contribution is 2.25. The largest absolute Gasteiger partial charge is 0.492 e. The molecule has 0 unspecified atom stereocenters. The lowest BCUT2D eigenvalue weighted by Crippen LogP contribution is -2.53. The normalized spacial score (nSPS) is 12.9. The van der Waals surface area contributed by atoms with Crippen LogP contribution in [0.4, 0.5) is 0 Å². The number of aliphatic hydroxyl groups is 1. The molecular weight excluding hydrogens is 255 g/mol. The van der Waals surface area contributed by atoms with Crippen LogP contribution < -0.4 is 5.46 Å². The lowest BCUT2D eigenvalue weighted by Gasteiger charge is -2.38. The summed E-state index contributed by atoms with van der Waals surface area (Å²) >= 11 is 0. The van der Waals surface area contributed by atoms with Crippen LogP contribution in [0.5, 0.6) is 0 Å². The van der Waals surface area contributed by atoms with E-state index in [1.54, 1.807) is 44.6 Å². The molecule has 6 heteroatoms. The summed E-state index contributed by atoms with van der Waals surface area (Å²) in [4.78, 5) is 0. The van der Waals surface area contributed by atoms with Crippen molar-refractivity contribution in [2.24, 2.45) is 7.05 Å². The number of hydrogen-bond donors (Lipinski definition) is 2. The highest BCUT2D eigenvalue weighted by molar-refractivity contribution is 6.63. The molecule has 20 heavy (non-hydrogen) atoms. The Morgan fingerprint density at radius 3 is 2.50 bits per heavy atom. The zero-order valence-electron chi connectivity index (χ0n) is 12.6. The van der Waals surface area contributed by atoms with Crippen molar-refractivity contribution in [3.8, 4) is 0 Å². The Morgan fingerprint density at radius 2 is 1.90 bits per heavy atom. The molecule has 0 aliphatic carbocycles. The van der Waals surface area contributed by atoms with E-state index in [9.17, 15) is 10.1 Å². The van der Waals surface area contributed by atoms with Gasteiger partial charge in [0, 0.05) is 12.4 Å². The molecule has 0 bridgehead atoms. The van der Waals surface area contributed by atoms with Crippen molar-refractivity contribution in [1.82, 2.24) is 9.78 Å². The summed E-state index contributed by atoms with van der Waals surface area (Å²) in [6.07, 6.45) is 1.70. The Hall–Kier alpha value is -1.37. The predicted octanol–water partition coefficient (Wildman–Crippen LogP) is 0.827. The Bertz CT molecular complexity index is 616. The van der Waals surface area contributed by atoms with E-state index in [0.29, 0.717) is 5.46 Å². The van der Waals surface area contributed by atoms with Crippen LogP contribution in [0, 0.1) is 0 Å². The van der Waals surface area contributed by atoms with E-state index in [0.717, 1.165) is 10.9 Å². The highest BCUT2D eigenvalue weighted by atomic mass is 16.5. The molecule has 5 nitrogen and oxygen atoms in total. The maximum Gasteiger partial charge on any atom is 0.492 e. The van der Waals surface area contributed by atoms with E-state index in [1.807, 2.05) is 19.2 Å². The summed E-state index contributed by atoms with van der Waals surface area (Å²) in [6, 6.07) is 5.58. The Labute approximate surface area is 119 Å². The second kappa shape index (κ2) is 4.88. The van der Waals surface area contributed by atoms with Gasteiger partial charge in [0.1, 0.15) is 0 Å². The predicted molar refractivity (Wildman–Crippen MR) is 79.8 cm³/mol. The maximum atomic E-state index is 10.4. The first-order valence-corrected chi connectivity index (χ1v) is 6.62. The van der Waals surface area contributed by atoms with Gasteiger partial charge in [0.15, 0.2) is 0 Å². The minimum Gasteiger partial charge on any atom is -0.423 e. The summed E-state index contributed by atoms with van der Waals surface area (Å²) in [7, 11) is 0.726. The molecule has 0 saturated carbocycles. The number of hydrogen-bond acceptors (Lipinski definition) is 4. The van der Waals surface area contributed by atoms with E-state index >= 15 is 0 Å². The van der Waals surface area contributed by atoms with Gasteiger partial charge in [-0.2, -0.15) is 5.10 Å². The molecule has 0 spiro atoms. The molecule has 0 aliphatic rings. The van der Waals surface area contributed by atoms with Crippen LogP contribution in [-0.2, 0) is 11.7 Å². The van der Waals surface area contributed by atoms with Gasteiger partial charge in [-0.3, -0.25) is 4.68 Å². The third-order valence-electron chi connectivity index (χ3n) is 3.97. The maximum absolute atomic E-state index is 10.4. The van der Waals surface area contributed by atoms with Crippen molar-refractivity contribution in [3.63, 3.8) is 0 Å². The smallest absolute Gasteiger partial charge is 0.423 e. The third kappa shape index (κ3) is 2.59. The SMILES string of the molecule is Cn1ncc2c(B(O)OC(C)(C)C(C)(C)O)cccc21. The standard InChI is InChI=1S/C14H21BN2O3/c1-13(2,18)14(3,4)20-15(19)11-7-6-8-12-10(11)9-16-17(12)5/h6-9,18-19H,1-5H3. The minimum absolute atomic E-state index is 0.646. The van der Waals surface area contributed by atoms with Crippen molar-refractivity contribution in [2.45, 2.75) is 38.9 Å². The van der Waals surface area contributed by atoms with Crippen LogP contribution in [0.25, 0.3) is 10.9 Å². The van der Waals surface area contributed by atoms with Gasteiger partial charge in [-0.15, -0.1) is 0 Å². The number of fused-ring (bicyclic) bond motifs is 1. The monoisotopic (exact) mass is 276 g/mol. The van der Waals surface area contributed by atoms with Gasteiger partial charge in [0.2, 0.25) is 0 Å². The fourth-order valence-electron chi connectivity index (χ4n) is 1.90. The zero-order chi connectivity index (χ0) is 15.1. The summed E-state index contributed by atoms with van der Waals surface area (Å²) in [5.41, 5.74) is -0.396. The molecule has 0 saturated heterocycles. The summed E-state index contributed by atoms with van der Waals surface area (Å²) in [5.74, 6) is 0. The molecule has 2 rings (SSSR count). The summed E-state index contributed by atoms with van der Waals surface area (Å²) in [5, 5.41) is 25.5. The average Bonchev–Trinajstić information content (AvgIpc) is 2.69. The first-order chi connectivity index (χ1) is 9.13. The van der Waals surface area contributed by atoms with E-state index in [1.165, 1.54) is 0 Å². The quantitative estimate of drug-likeness (QED) is 0.812. The first kappa shape index (κ1) is 15.0. The average molecular weight is 276 g/mol. The van der Waals surface area contributed by atoms with Crippen molar-refractivity contribution in [1.29, 1.82) is 0 Å². The van der Waals surface area contributed by atoms with Crippen LogP contribution in [-0.4, -0.2) is 38.2 Å². The van der Waals surface area contributed by atoms with E-state index < -0.39 is 18.3 Å². The van der Waals surface area contributed by atoms with Crippen LogP contribution in [0.2, 0.25) is 0 Å². The van der Waals surface area contributed by atoms with E-state index in [4.69, 9.17) is 4.65 Å². The van der Waals surface area contributed by atoms with Crippen molar-refractivity contribution >= 4 is 23.5 Å². The number of rotatable bonds is 4. The topological polar surface area (TPSA) is 67.5 Å². The zero-order valence-corrected chi connectivity index (χ0v) is 12.6. The molecule has 0 aliphatic heterocycles. The minimum atomic E-state index is -1.12. The fourth-order valence-corrected chi connectivity index (χ4v) is 1.90. The number of benzene rings is 1. The summed E-state index contributed by atoms with van der Waals surface area (Å²) < 4.78 is 7.42. The van der Waals surface area contributed by atoms with E-state index in [-0.39, 0.29) is 0 Å². The van der Waals surface area contributed by atoms with Crippen molar-refractivity contribution in [2.75, 3.05) is 0 Å². The van der Waals surface area contributed by atoms with E-state index in [2.05, 4.69) is 5.10 Å². The second-order valence-corrected chi connectivity index (χ2v) is 6.09.